The zero-order valence-electron chi connectivity index (χ0n) is 12.5. The van der Waals surface area contributed by atoms with Crippen molar-refractivity contribution in [2.45, 2.75) is 37.8 Å². The minimum Gasteiger partial charge on any atom is -0.469 e. The van der Waals surface area contributed by atoms with Crippen LogP contribution in [0.15, 0.2) is 18.2 Å². The summed E-state index contributed by atoms with van der Waals surface area (Å²) in [6, 6.07) is 4.57. The third kappa shape index (κ3) is 4.41. The molecule has 1 aliphatic rings. The van der Waals surface area contributed by atoms with Crippen LogP contribution in [-0.2, 0) is 9.53 Å². The molecule has 0 aliphatic heterocycles. The van der Waals surface area contributed by atoms with Crippen molar-refractivity contribution in [3.8, 4) is 0 Å². The Morgan fingerprint density at radius 3 is 2.73 bits per heavy atom. The maximum absolute atomic E-state index is 13.4. The number of aliphatic hydroxyl groups excluding tert-OH is 1. The lowest BCUT2D eigenvalue weighted by molar-refractivity contribution is -0.146. The van der Waals surface area contributed by atoms with E-state index in [1.54, 1.807) is 6.07 Å². The number of ether oxygens (including phenoxy) is 1. The maximum Gasteiger partial charge on any atom is 0.308 e. The molecule has 0 radical (unpaired) electrons. The van der Waals surface area contributed by atoms with Crippen LogP contribution >= 0.6 is 11.6 Å². The monoisotopic (exact) mass is 329 g/mol. The highest BCUT2D eigenvalue weighted by Gasteiger charge is 2.27. The lowest BCUT2D eigenvalue weighted by Gasteiger charge is -2.28. The molecular formula is C16H21ClFNO3. The zero-order chi connectivity index (χ0) is 16.1. The molecule has 0 spiro atoms. The molecule has 0 unspecified atom stereocenters. The number of hydrogen-bond donors (Lipinski definition) is 2. The topological polar surface area (TPSA) is 58.6 Å². The molecule has 1 aliphatic carbocycles. The minimum atomic E-state index is -0.787. The highest BCUT2D eigenvalue weighted by Crippen LogP contribution is 2.26. The number of carbonyl (C=O) groups excluding carboxylic acids is 1. The predicted octanol–water partition coefficient (Wildman–Crippen LogP) is 2.83. The van der Waals surface area contributed by atoms with Crippen molar-refractivity contribution in [3.05, 3.63) is 34.6 Å². The van der Waals surface area contributed by atoms with E-state index in [-0.39, 0.29) is 23.0 Å². The number of nitrogens with one attached hydrogen (secondary N) is 1. The van der Waals surface area contributed by atoms with Crippen molar-refractivity contribution in [1.29, 1.82) is 0 Å². The Kier molecular flexibility index (Phi) is 6.17. The molecule has 1 aromatic rings. The Balaban J connectivity index is 1.78. The van der Waals surface area contributed by atoms with E-state index in [4.69, 9.17) is 16.3 Å². The van der Waals surface area contributed by atoms with Crippen LogP contribution in [-0.4, -0.2) is 30.8 Å². The van der Waals surface area contributed by atoms with Crippen molar-refractivity contribution in [2.75, 3.05) is 13.7 Å². The molecule has 1 atom stereocenters. The zero-order valence-corrected chi connectivity index (χ0v) is 13.3. The molecular weight excluding hydrogens is 309 g/mol. The summed E-state index contributed by atoms with van der Waals surface area (Å²) < 4.78 is 18.1. The number of halogens is 2. The smallest absolute Gasteiger partial charge is 0.308 e. The Labute approximate surface area is 134 Å². The number of carbonyl (C=O) groups is 1. The van der Waals surface area contributed by atoms with E-state index < -0.39 is 11.9 Å². The minimum absolute atomic E-state index is 0.0154. The summed E-state index contributed by atoms with van der Waals surface area (Å²) in [6.07, 6.45) is 2.51. The second-order valence-electron chi connectivity index (χ2n) is 5.67. The number of methoxy groups -OCH3 is 1. The normalized spacial score (nSPS) is 23.1. The molecule has 0 heterocycles. The molecule has 4 nitrogen and oxygen atoms in total. The van der Waals surface area contributed by atoms with E-state index in [9.17, 15) is 14.3 Å². The fourth-order valence-electron chi connectivity index (χ4n) is 2.82. The average Bonchev–Trinajstić information content (AvgIpc) is 2.54. The second kappa shape index (κ2) is 7.90. The van der Waals surface area contributed by atoms with Gasteiger partial charge in [0.25, 0.3) is 0 Å². The SMILES string of the molecule is COC(=O)C1CCC(NC[C@@H](O)c2ccc(Cl)c(F)c2)CC1. The Hall–Kier alpha value is -1.17. The molecule has 0 bridgehead atoms. The number of rotatable bonds is 5. The van der Waals surface area contributed by atoms with Gasteiger partial charge in [0, 0.05) is 12.6 Å². The summed E-state index contributed by atoms with van der Waals surface area (Å²) in [5.74, 6) is -0.690. The molecule has 1 saturated carbocycles. The van der Waals surface area contributed by atoms with Gasteiger partial charge in [0.2, 0.25) is 0 Å². The lowest BCUT2D eigenvalue weighted by Crippen LogP contribution is -2.37. The molecule has 2 N–H and O–H groups in total. The first-order valence-corrected chi connectivity index (χ1v) is 7.83. The molecule has 1 fully saturated rings. The highest BCUT2D eigenvalue weighted by molar-refractivity contribution is 6.30. The van der Waals surface area contributed by atoms with Crippen molar-refractivity contribution < 1.29 is 19.0 Å². The summed E-state index contributed by atoms with van der Waals surface area (Å²) in [6.45, 7) is 0.342. The fourth-order valence-corrected chi connectivity index (χ4v) is 2.93. The summed E-state index contributed by atoms with van der Waals surface area (Å²) >= 11 is 5.63. The predicted molar refractivity (Wildman–Crippen MR) is 82.1 cm³/mol. The summed E-state index contributed by atoms with van der Waals surface area (Å²) in [5, 5.41) is 13.4. The van der Waals surface area contributed by atoms with Gasteiger partial charge in [0.1, 0.15) is 5.82 Å². The summed E-state index contributed by atoms with van der Waals surface area (Å²) in [5.41, 5.74) is 0.498. The number of benzene rings is 1. The Bertz CT molecular complexity index is 518. The number of hydrogen-bond acceptors (Lipinski definition) is 4. The van der Waals surface area contributed by atoms with Gasteiger partial charge in [0.15, 0.2) is 0 Å². The standard InChI is InChI=1S/C16H21ClFNO3/c1-22-16(21)10-2-5-12(6-3-10)19-9-15(20)11-4-7-13(17)14(18)8-11/h4,7-8,10,12,15,19-20H,2-3,5-6,9H2,1H3/t10?,12?,15-/m1/s1. The first-order valence-electron chi connectivity index (χ1n) is 7.45. The molecule has 6 heteroatoms. The van der Waals surface area contributed by atoms with Crippen LogP contribution in [0.25, 0.3) is 0 Å². The van der Waals surface area contributed by atoms with E-state index in [0.29, 0.717) is 12.1 Å². The van der Waals surface area contributed by atoms with Gasteiger partial charge in [0.05, 0.1) is 24.2 Å². The van der Waals surface area contributed by atoms with Gasteiger partial charge >= 0.3 is 5.97 Å². The molecule has 22 heavy (non-hydrogen) atoms. The van der Waals surface area contributed by atoms with E-state index in [0.717, 1.165) is 25.7 Å². The summed E-state index contributed by atoms with van der Waals surface area (Å²) in [7, 11) is 1.41. The van der Waals surface area contributed by atoms with Crippen LogP contribution in [0.2, 0.25) is 5.02 Å². The molecule has 2 rings (SSSR count). The first-order chi connectivity index (χ1) is 10.5. The van der Waals surface area contributed by atoms with Crippen LogP contribution in [0, 0.1) is 11.7 Å². The van der Waals surface area contributed by atoms with Crippen molar-refractivity contribution in [3.63, 3.8) is 0 Å². The Morgan fingerprint density at radius 2 is 2.14 bits per heavy atom. The molecule has 0 amide bonds. The van der Waals surface area contributed by atoms with Crippen LogP contribution in [0.4, 0.5) is 4.39 Å². The van der Waals surface area contributed by atoms with Gasteiger partial charge in [-0.05, 0) is 43.4 Å². The number of aliphatic hydroxyl groups is 1. The number of esters is 1. The van der Waals surface area contributed by atoms with Crippen LogP contribution < -0.4 is 5.32 Å². The quantitative estimate of drug-likeness (QED) is 0.816. The largest absolute Gasteiger partial charge is 0.469 e. The van der Waals surface area contributed by atoms with Crippen LogP contribution in [0.5, 0.6) is 0 Å². The van der Waals surface area contributed by atoms with Crippen LogP contribution in [0.3, 0.4) is 0 Å². The van der Waals surface area contributed by atoms with Gasteiger partial charge in [-0.2, -0.15) is 0 Å². The van der Waals surface area contributed by atoms with E-state index in [1.807, 2.05) is 0 Å². The van der Waals surface area contributed by atoms with Crippen molar-refractivity contribution in [1.82, 2.24) is 5.32 Å². The van der Waals surface area contributed by atoms with Gasteiger partial charge in [-0.25, -0.2) is 4.39 Å². The molecule has 122 valence electrons. The van der Waals surface area contributed by atoms with Gasteiger partial charge in [-0.1, -0.05) is 17.7 Å². The van der Waals surface area contributed by atoms with Crippen LogP contribution in [0.1, 0.15) is 37.4 Å². The van der Waals surface area contributed by atoms with Gasteiger partial charge in [-0.3, -0.25) is 4.79 Å². The first kappa shape index (κ1) is 17.2. The summed E-state index contributed by atoms with van der Waals surface area (Å²) in [4.78, 5) is 11.5. The van der Waals surface area contributed by atoms with Crippen molar-refractivity contribution >= 4 is 17.6 Å². The van der Waals surface area contributed by atoms with Gasteiger partial charge in [-0.15, -0.1) is 0 Å². The molecule has 0 aromatic heterocycles. The highest BCUT2D eigenvalue weighted by atomic mass is 35.5. The Morgan fingerprint density at radius 1 is 1.45 bits per heavy atom. The maximum atomic E-state index is 13.4. The fraction of sp³-hybridized carbons (Fsp3) is 0.562. The van der Waals surface area contributed by atoms with Crippen molar-refractivity contribution in [2.24, 2.45) is 5.92 Å². The average molecular weight is 330 g/mol. The lowest BCUT2D eigenvalue weighted by atomic mass is 9.86. The third-order valence-corrected chi connectivity index (χ3v) is 4.50. The van der Waals surface area contributed by atoms with E-state index in [1.165, 1.54) is 19.2 Å². The van der Waals surface area contributed by atoms with E-state index >= 15 is 0 Å². The molecule has 1 aromatic carbocycles. The van der Waals surface area contributed by atoms with E-state index in [2.05, 4.69) is 5.32 Å². The molecule has 0 saturated heterocycles. The second-order valence-corrected chi connectivity index (χ2v) is 6.08. The third-order valence-electron chi connectivity index (χ3n) is 4.19. The van der Waals surface area contributed by atoms with Gasteiger partial charge < -0.3 is 15.2 Å².